The van der Waals surface area contributed by atoms with E-state index in [0.29, 0.717) is 12.2 Å². The Kier molecular flexibility index (Phi) is 4.52. The van der Waals surface area contributed by atoms with Crippen LogP contribution in [0.2, 0.25) is 0 Å². The van der Waals surface area contributed by atoms with Crippen LogP contribution in [0.1, 0.15) is 32.3 Å². The van der Waals surface area contributed by atoms with Gasteiger partial charge in [-0.15, -0.1) is 0 Å². The number of hydrogen-bond donors (Lipinski definition) is 2. The van der Waals surface area contributed by atoms with Gasteiger partial charge < -0.3 is 14.9 Å². The Balaban J connectivity index is 2.61. The zero-order chi connectivity index (χ0) is 12.9. The fraction of sp³-hybridized carbons (Fsp3) is 0.462. The van der Waals surface area contributed by atoms with Crippen LogP contribution in [0.3, 0.4) is 0 Å². The molecule has 0 saturated heterocycles. The van der Waals surface area contributed by atoms with Crippen molar-refractivity contribution in [1.82, 2.24) is 0 Å². The third kappa shape index (κ3) is 4.07. The van der Waals surface area contributed by atoms with Crippen molar-refractivity contribution in [1.29, 1.82) is 0 Å². The third-order valence-electron chi connectivity index (χ3n) is 2.61. The summed E-state index contributed by atoms with van der Waals surface area (Å²) in [5.74, 6) is -0.165. The molecule has 4 heteroatoms. The Morgan fingerprint density at radius 1 is 1.35 bits per heavy atom. The Morgan fingerprint density at radius 2 is 1.94 bits per heavy atom. The van der Waals surface area contributed by atoms with Crippen LogP contribution in [0.15, 0.2) is 24.3 Å². The molecule has 0 aromatic heterocycles. The summed E-state index contributed by atoms with van der Waals surface area (Å²) in [4.78, 5) is 11.2. The van der Waals surface area contributed by atoms with Gasteiger partial charge in [-0.05, 0) is 38.0 Å². The van der Waals surface area contributed by atoms with Crippen LogP contribution < -0.4 is 0 Å². The average Bonchev–Trinajstić information content (AvgIpc) is 2.28. The molecular weight excluding hydrogens is 220 g/mol. The van der Waals surface area contributed by atoms with Gasteiger partial charge in [0.2, 0.25) is 0 Å². The second-order valence-electron chi connectivity index (χ2n) is 4.13. The molecule has 0 saturated carbocycles. The molecule has 1 aromatic carbocycles. The van der Waals surface area contributed by atoms with Crippen molar-refractivity contribution in [2.24, 2.45) is 0 Å². The van der Waals surface area contributed by atoms with Gasteiger partial charge in [0.05, 0.1) is 12.2 Å². The van der Waals surface area contributed by atoms with Gasteiger partial charge in [0, 0.05) is 6.42 Å². The van der Waals surface area contributed by atoms with Crippen LogP contribution >= 0.6 is 0 Å². The fourth-order valence-electron chi connectivity index (χ4n) is 1.54. The van der Waals surface area contributed by atoms with E-state index >= 15 is 0 Å². The summed E-state index contributed by atoms with van der Waals surface area (Å²) in [7, 11) is 0. The lowest BCUT2D eigenvalue weighted by molar-refractivity contribution is -0.144. The van der Waals surface area contributed by atoms with Gasteiger partial charge in [0.15, 0.2) is 0 Å². The number of esters is 1. The van der Waals surface area contributed by atoms with Crippen molar-refractivity contribution in [3.63, 3.8) is 0 Å². The predicted molar refractivity (Wildman–Crippen MR) is 63.5 cm³/mol. The summed E-state index contributed by atoms with van der Waals surface area (Å²) < 4.78 is 4.80. The van der Waals surface area contributed by atoms with E-state index < -0.39 is 5.60 Å². The number of hydrogen-bond acceptors (Lipinski definition) is 4. The lowest BCUT2D eigenvalue weighted by Gasteiger charge is -2.23. The first-order chi connectivity index (χ1) is 7.95. The number of phenols is 1. The maximum Gasteiger partial charge on any atom is 0.305 e. The predicted octanol–water partition coefficient (Wildman–Crippen LogP) is 1.94. The minimum atomic E-state index is -1.10. The molecule has 94 valence electrons. The third-order valence-corrected chi connectivity index (χ3v) is 2.61. The number of aromatic hydroxyl groups is 1. The Labute approximate surface area is 101 Å². The molecule has 17 heavy (non-hydrogen) atoms. The van der Waals surface area contributed by atoms with E-state index in [2.05, 4.69) is 0 Å². The standard InChI is InChI=1S/C13H18O4/c1-3-17-12(15)8-9-13(2,16)10-4-6-11(14)7-5-10/h4-7,14,16H,3,8-9H2,1-2H3. The van der Waals surface area contributed by atoms with Crippen molar-refractivity contribution >= 4 is 5.97 Å². The molecule has 0 aliphatic heterocycles. The van der Waals surface area contributed by atoms with Crippen molar-refractivity contribution in [2.75, 3.05) is 6.61 Å². The highest BCUT2D eigenvalue weighted by Gasteiger charge is 2.24. The van der Waals surface area contributed by atoms with E-state index in [0.717, 1.165) is 0 Å². The molecule has 1 rings (SSSR count). The lowest BCUT2D eigenvalue weighted by Crippen LogP contribution is -2.22. The maximum absolute atomic E-state index is 11.2. The van der Waals surface area contributed by atoms with Gasteiger partial charge in [-0.25, -0.2) is 0 Å². The molecule has 0 fully saturated rings. The van der Waals surface area contributed by atoms with E-state index in [4.69, 9.17) is 9.84 Å². The first-order valence-electron chi connectivity index (χ1n) is 5.63. The quantitative estimate of drug-likeness (QED) is 0.769. The highest BCUT2D eigenvalue weighted by atomic mass is 16.5. The molecule has 1 atom stereocenters. The topological polar surface area (TPSA) is 66.8 Å². The minimum Gasteiger partial charge on any atom is -0.508 e. The van der Waals surface area contributed by atoms with Crippen LogP contribution in [-0.2, 0) is 15.1 Å². The first-order valence-corrected chi connectivity index (χ1v) is 5.63. The van der Waals surface area contributed by atoms with Crippen LogP contribution in [0.5, 0.6) is 5.75 Å². The summed E-state index contributed by atoms with van der Waals surface area (Å²) >= 11 is 0. The highest BCUT2D eigenvalue weighted by Crippen LogP contribution is 2.27. The van der Waals surface area contributed by atoms with Crippen LogP contribution in [0, 0.1) is 0 Å². The van der Waals surface area contributed by atoms with Gasteiger partial charge in [-0.2, -0.15) is 0 Å². The van der Waals surface area contributed by atoms with Gasteiger partial charge >= 0.3 is 5.97 Å². The molecule has 0 aliphatic rings. The molecule has 0 heterocycles. The minimum absolute atomic E-state index is 0.148. The normalized spacial score (nSPS) is 14.1. The lowest BCUT2D eigenvalue weighted by atomic mass is 9.91. The maximum atomic E-state index is 11.2. The molecule has 0 bridgehead atoms. The van der Waals surface area contributed by atoms with Gasteiger partial charge in [-0.3, -0.25) is 4.79 Å². The smallest absolute Gasteiger partial charge is 0.305 e. The molecule has 0 spiro atoms. The second-order valence-corrected chi connectivity index (χ2v) is 4.13. The van der Waals surface area contributed by atoms with Crippen molar-refractivity contribution in [3.05, 3.63) is 29.8 Å². The Hall–Kier alpha value is -1.55. The van der Waals surface area contributed by atoms with Crippen LogP contribution in [0.4, 0.5) is 0 Å². The second kappa shape index (κ2) is 5.68. The highest BCUT2D eigenvalue weighted by molar-refractivity contribution is 5.69. The largest absolute Gasteiger partial charge is 0.508 e. The molecule has 4 nitrogen and oxygen atoms in total. The summed E-state index contributed by atoms with van der Waals surface area (Å²) in [6.07, 6.45) is 0.457. The molecule has 0 amide bonds. The summed E-state index contributed by atoms with van der Waals surface area (Å²) in [6, 6.07) is 6.29. The van der Waals surface area contributed by atoms with Crippen molar-refractivity contribution in [3.8, 4) is 5.75 Å². The van der Waals surface area contributed by atoms with E-state index in [-0.39, 0.29) is 24.6 Å². The molecule has 0 radical (unpaired) electrons. The summed E-state index contributed by atoms with van der Waals surface area (Å²) in [5, 5.41) is 19.4. The average molecular weight is 238 g/mol. The number of phenolic OH excluding ortho intramolecular Hbond substituents is 1. The monoisotopic (exact) mass is 238 g/mol. The SMILES string of the molecule is CCOC(=O)CCC(C)(O)c1ccc(O)cc1. The number of benzene rings is 1. The molecule has 1 aromatic rings. The van der Waals surface area contributed by atoms with E-state index in [9.17, 15) is 9.90 Å². The number of carbonyl (C=O) groups is 1. The van der Waals surface area contributed by atoms with Crippen molar-refractivity contribution in [2.45, 2.75) is 32.3 Å². The summed E-state index contributed by atoms with van der Waals surface area (Å²) in [6.45, 7) is 3.73. The number of carbonyl (C=O) groups excluding carboxylic acids is 1. The van der Waals surface area contributed by atoms with Gasteiger partial charge in [-0.1, -0.05) is 12.1 Å². The molecule has 2 N–H and O–H groups in total. The molecule has 0 aliphatic carbocycles. The summed E-state index contributed by atoms with van der Waals surface area (Å²) in [5.41, 5.74) is -0.430. The fourth-order valence-corrected chi connectivity index (χ4v) is 1.54. The number of aliphatic hydroxyl groups is 1. The molecular formula is C13H18O4. The van der Waals surface area contributed by atoms with Crippen LogP contribution in [-0.4, -0.2) is 22.8 Å². The Morgan fingerprint density at radius 3 is 2.47 bits per heavy atom. The Bertz CT molecular complexity index is 368. The number of rotatable bonds is 5. The van der Waals surface area contributed by atoms with E-state index in [1.807, 2.05) is 0 Å². The zero-order valence-corrected chi connectivity index (χ0v) is 10.1. The van der Waals surface area contributed by atoms with E-state index in [1.54, 1.807) is 26.0 Å². The molecule has 1 unspecified atom stereocenters. The zero-order valence-electron chi connectivity index (χ0n) is 10.1. The number of ether oxygens (including phenoxy) is 1. The van der Waals surface area contributed by atoms with Gasteiger partial charge in [0.25, 0.3) is 0 Å². The van der Waals surface area contributed by atoms with Crippen LogP contribution in [0.25, 0.3) is 0 Å². The first kappa shape index (κ1) is 13.5. The van der Waals surface area contributed by atoms with Gasteiger partial charge in [0.1, 0.15) is 5.75 Å². The van der Waals surface area contributed by atoms with E-state index in [1.165, 1.54) is 12.1 Å². The van der Waals surface area contributed by atoms with Crippen molar-refractivity contribution < 1.29 is 19.7 Å².